The monoisotopic (exact) mass is 224 g/mol. The zero-order valence-electron chi connectivity index (χ0n) is 9.96. The summed E-state index contributed by atoms with van der Waals surface area (Å²) >= 11 is 0. The molecular formula is C12H18NO3+. The summed E-state index contributed by atoms with van der Waals surface area (Å²) in [6, 6.07) is 1.97. The quantitative estimate of drug-likeness (QED) is 0.742. The number of phenols is 1. The Morgan fingerprint density at radius 1 is 1.31 bits per heavy atom. The highest BCUT2D eigenvalue weighted by molar-refractivity contribution is 5.58. The molecule has 0 saturated heterocycles. The lowest BCUT2D eigenvalue weighted by Gasteiger charge is -2.24. The van der Waals surface area contributed by atoms with Gasteiger partial charge in [0.15, 0.2) is 11.5 Å². The summed E-state index contributed by atoms with van der Waals surface area (Å²) < 4.78 is 10.4. The average Bonchev–Trinajstić information content (AvgIpc) is 2.29. The van der Waals surface area contributed by atoms with Gasteiger partial charge in [-0.1, -0.05) is 0 Å². The van der Waals surface area contributed by atoms with Gasteiger partial charge >= 0.3 is 0 Å². The highest BCUT2D eigenvalue weighted by Crippen LogP contribution is 2.41. The van der Waals surface area contributed by atoms with Gasteiger partial charge < -0.3 is 19.5 Å². The van der Waals surface area contributed by atoms with Gasteiger partial charge in [0.25, 0.3) is 0 Å². The van der Waals surface area contributed by atoms with Crippen LogP contribution in [0.1, 0.15) is 11.1 Å². The smallest absolute Gasteiger partial charge is 0.203 e. The molecule has 0 fully saturated rings. The van der Waals surface area contributed by atoms with Crippen LogP contribution in [0.4, 0.5) is 0 Å². The van der Waals surface area contributed by atoms with Crippen molar-refractivity contribution in [2.75, 3.05) is 27.8 Å². The summed E-state index contributed by atoms with van der Waals surface area (Å²) in [6.45, 7) is 1.92. The summed E-state index contributed by atoms with van der Waals surface area (Å²) in [7, 11) is 5.26. The number of ether oxygens (including phenoxy) is 2. The molecule has 16 heavy (non-hydrogen) atoms. The fourth-order valence-corrected chi connectivity index (χ4v) is 2.22. The van der Waals surface area contributed by atoms with E-state index in [0.717, 1.165) is 25.1 Å². The van der Waals surface area contributed by atoms with Crippen LogP contribution in [-0.2, 0) is 13.0 Å². The maximum absolute atomic E-state index is 10.1. The van der Waals surface area contributed by atoms with Crippen molar-refractivity contribution in [3.8, 4) is 17.2 Å². The molecule has 2 N–H and O–H groups in total. The van der Waals surface area contributed by atoms with Crippen LogP contribution >= 0.6 is 0 Å². The number of likely N-dealkylation sites (N-methyl/N-ethyl adjacent to an activating group) is 1. The van der Waals surface area contributed by atoms with Gasteiger partial charge in [-0.2, -0.15) is 0 Å². The first-order valence-corrected chi connectivity index (χ1v) is 5.44. The molecule has 4 nitrogen and oxygen atoms in total. The SMILES string of the molecule is COc1cc2c(c(O)c1OC)C[NH+](C)CC2. The van der Waals surface area contributed by atoms with Crippen molar-refractivity contribution < 1.29 is 19.5 Å². The summed E-state index contributed by atoms with van der Waals surface area (Å²) in [6.07, 6.45) is 0.967. The van der Waals surface area contributed by atoms with Gasteiger partial charge in [-0.25, -0.2) is 0 Å². The van der Waals surface area contributed by atoms with E-state index in [2.05, 4.69) is 7.05 Å². The Labute approximate surface area is 95.4 Å². The van der Waals surface area contributed by atoms with Crippen molar-refractivity contribution >= 4 is 0 Å². The van der Waals surface area contributed by atoms with Crippen LogP contribution < -0.4 is 14.4 Å². The van der Waals surface area contributed by atoms with E-state index in [1.165, 1.54) is 10.5 Å². The van der Waals surface area contributed by atoms with Gasteiger partial charge in [-0.3, -0.25) is 0 Å². The number of nitrogens with one attached hydrogen (secondary N) is 1. The summed E-state index contributed by atoms with van der Waals surface area (Å²) in [5.41, 5.74) is 2.15. The van der Waals surface area contributed by atoms with Crippen LogP contribution in [0.5, 0.6) is 17.2 Å². The molecule has 1 unspecified atom stereocenters. The second-order valence-electron chi connectivity index (χ2n) is 4.23. The van der Waals surface area contributed by atoms with Crippen molar-refractivity contribution in [3.63, 3.8) is 0 Å². The maximum atomic E-state index is 10.1. The van der Waals surface area contributed by atoms with E-state index in [1.807, 2.05) is 6.07 Å². The molecule has 0 aliphatic carbocycles. The lowest BCUT2D eigenvalue weighted by atomic mass is 9.98. The van der Waals surface area contributed by atoms with Crippen LogP contribution in [0.3, 0.4) is 0 Å². The molecule has 0 radical (unpaired) electrons. The molecule has 0 saturated carbocycles. The van der Waals surface area contributed by atoms with E-state index in [0.29, 0.717) is 11.5 Å². The fourth-order valence-electron chi connectivity index (χ4n) is 2.22. The Morgan fingerprint density at radius 2 is 2.06 bits per heavy atom. The van der Waals surface area contributed by atoms with E-state index in [4.69, 9.17) is 9.47 Å². The molecule has 0 bridgehead atoms. The third-order valence-corrected chi connectivity index (χ3v) is 3.14. The van der Waals surface area contributed by atoms with Crippen LogP contribution in [-0.4, -0.2) is 32.9 Å². The van der Waals surface area contributed by atoms with E-state index >= 15 is 0 Å². The Bertz CT molecular complexity index is 404. The third-order valence-electron chi connectivity index (χ3n) is 3.14. The molecule has 0 spiro atoms. The third kappa shape index (κ3) is 1.69. The second kappa shape index (κ2) is 4.22. The van der Waals surface area contributed by atoms with Gasteiger partial charge in [0.1, 0.15) is 6.54 Å². The number of phenolic OH excluding ortho intramolecular Hbond substituents is 1. The van der Waals surface area contributed by atoms with Crippen molar-refractivity contribution in [2.45, 2.75) is 13.0 Å². The maximum Gasteiger partial charge on any atom is 0.203 e. The Morgan fingerprint density at radius 3 is 2.69 bits per heavy atom. The highest BCUT2D eigenvalue weighted by Gasteiger charge is 2.25. The molecular weight excluding hydrogens is 206 g/mol. The predicted octanol–water partition coefficient (Wildman–Crippen LogP) is -0.0198. The molecule has 1 aliphatic rings. The number of quaternary nitrogens is 1. The first-order chi connectivity index (χ1) is 7.67. The Balaban J connectivity index is 2.54. The summed E-state index contributed by atoms with van der Waals surface area (Å²) in [5, 5.41) is 10.1. The number of rotatable bonds is 2. The van der Waals surface area contributed by atoms with Gasteiger partial charge in [-0.05, 0) is 11.6 Å². The molecule has 0 amide bonds. The number of methoxy groups -OCH3 is 2. The molecule has 88 valence electrons. The zero-order chi connectivity index (χ0) is 11.7. The summed E-state index contributed by atoms with van der Waals surface area (Å²) in [4.78, 5) is 1.40. The topological polar surface area (TPSA) is 43.1 Å². The minimum absolute atomic E-state index is 0.232. The van der Waals surface area contributed by atoms with Gasteiger partial charge in [0, 0.05) is 6.42 Å². The molecule has 1 aliphatic heterocycles. The van der Waals surface area contributed by atoms with Gasteiger partial charge in [0.05, 0.1) is 33.4 Å². The van der Waals surface area contributed by atoms with E-state index in [9.17, 15) is 5.11 Å². The molecule has 1 atom stereocenters. The first kappa shape index (κ1) is 11.1. The van der Waals surface area contributed by atoms with E-state index in [-0.39, 0.29) is 5.75 Å². The Kier molecular flexibility index (Phi) is 2.92. The van der Waals surface area contributed by atoms with Crippen LogP contribution in [0, 0.1) is 0 Å². The molecule has 1 aromatic rings. The zero-order valence-corrected chi connectivity index (χ0v) is 9.96. The van der Waals surface area contributed by atoms with Crippen LogP contribution in [0.2, 0.25) is 0 Å². The summed E-state index contributed by atoms with van der Waals surface area (Å²) in [5.74, 6) is 1.28. The van der Waals surface area contributed by atoms with Crippen LogP contribution in [0.25, 0.3) is 0 Å². The number of hydrogen-bond acceptors (Lipinski definition) is 3. The minimum atomic E-state index is 0.232. The number of aromatic hydroxyl groups is 1. The largest absolute Gasteiger partial charge is 0.504 e. The van der Waals surface area contributed by atoms with E-state index in [1.54, 1.807) is 14.2 Å². The Hall–Kier alpha value is -1.42. The molecule has 1 aromatic carbocycles. The lowest BCUT2D eigenvalue weighted by Crippen LogP contribution is -3.08. The first-order valence-electron chi connectivity index (χ1n) is 5.44. The van der Waals surface area contributed by atoms with Crippen LogP contribution in [0.15, 0.2) is 6.07 Å². The predicted molar refractivity (Wildman–Crippen MR) is 60.4 cm³/mol. The molecule has 2 rings (SSSR count). The number of fused-ring (bicyclic) bond motifs is 1. The van der Waals surface area contributed by atoms with Gasteiger partial charge in [-0.15, -0.1) is 0 Å². The highest BCUT2D eigenvalue weighted by atomic mass is 16.5. The van der Waals surface area contributed by atoms with E-state index < -0.39 is 0 Å². The number of hydrogen-bond donors (Lipinski definition) is 2. The second-order valence-corrected chi connectivity index (χ2v) is 4.23. The fraction of sp³-hybridized carbons (Fsp3) is 0.500. The number of benzene rings is 1. The normalized spacial score (nSPS) is 19.1. The minimum Gasteiger partial charge on any atom is -0.504 e. The average molecular weight is 224 g/mol. The molecule has 4 heteroatoms. The van der Waals surface area contributed by atoms with Crippen molar-refractivity contribution in [1.29, 1.82) is 0 Å². The van der Waals surface area contributed by atoms with Crippen molar-refractivity contribution in [1.82, 2.24) is 0 Å². The lowest BCUT2D eigenvalue weighted by molar-refractivity contribution is -0.895. The molecule has 1 heterocycles. The van der Waals surface area contributed by atoms with Gasteiger partial charge in [0.2, 0.25) is 5.75 Å². The van der Waals surface area contributed by atoms with Crippen molar-refractivity contribution in [2.24, 2.45) is 0 Å². The standard InChI is InChI=1S/C12H17NO3/c1-13-5-4-8-6-10(15-2)12(16-3)11(14)9(8)7-13/h6,14H,4-5,7H2,1-3H3/p+1. The van der Waals surface area contributed by atoms with Crippen molar-refractivity contribution in [3.05, 3.63) is 17.2 Å². The molecule has 0 aromatic heterocycles.